The molecule has 6 nitrogen and oxygen atoms in total. The summed E-state index contributed by atoms with van der Waals surface area (Å²) in [4.78, 5) is 20.3. The van der Waals surface area contributed by atoms with Crippen LogP contribution in [0.2, 0.25) is 0 Å². The molecule has 3 rings (SSSR count). The first kappa shape index (κ1) is 14.9. The number of carbonyl (C=O) groups is 1. The van der Waals surface area contributed by atoms with E-state index in [1.165, 1.54) is 0 Å². The average Bonchev–Trinajstić information content (AvgIpc) is 3.09. The topological polar surface area (TPSA) is 80.9 Å². The van der Waals surface area contributed by atoms with Gasteiger partial charge in [0.25, 0.3) is 0 Å². The molecule has 0 aliphatic carbocycles. The highest BCUT2D eigenvalue weighted by Crippen LogP contribution is 2.15. The van der Waals surface area contributed by atoms with Gasteiger partial charge in [0.1, 0.15) is 0 Å². The van der Waals surface area contributed by atoms with Crippen LogP contribution in [0.1, 0.15) is 18.0 Å². The summed E-state index contributed by atoms with van der Waals surface area (Å²) in [6, 6.07) is 15.2. The number of amides is 1. The van der Waals surface area contributed by atoms with E-state index in [0.29, 0.717) is 31.1 Å². The first-order valence-corrected chi connectivity index (χ1v) is 7.36. The smallest absolute Gasteiger partial charge is 0.227 e. The second kappa shape index (κ2) is 7.31. The molecular weight excluding hydrogens is 292 g/mol. The van der Waals surface area contributed by atoms with Crippen molar-refractivity contribution in [3.05, 3.63) is 66.3 Å². The summed E-state index contributed by atoms with van der Waals surface area (Å²) in [6.45, 7) is 0.415. The molecule has 0 fully saturated rings. The number of pyridine rings is 1. The number of nitrogens with one attached hydrogen (secondary N) is 1. The Kier molecular flexibility index (Phi) is 4.73. The van der Waals surface area contributed by atoms with Crippen molar-refractivity contribution < 1.29 is 9.32 Å². The molecule has 0 aliphatic heterocycles. The highest BCUT2D eigenvalue weighted by molar-refractivity contribution is 5.75. The Labute approximate surface area is 133 Å². The van der Waals surface area contributed by atoms with E-state index in [9.17, 15) is 4.79 Å². The van der Waals surface area contributed by atoms with Gasteiger partial charge in [-0.2, -0.15) is 4.98 Å². The Morgan fingerprint density at radius 2 is 1.91 bits per heavy atom. The highest BCUT2D eigenvalue weighted by atomic mass is 16.5. The minimum atomic E-state index is -0.0740. The molecule has 0 bridgehead atoms. The molecule has 6 heteroatoms. The fourth-order valence-electron chi connectivity index (χ4n) is 2.06. The van der Waals surface area contributed by atoms with E-state index < -0.39 is 0 Å². The standard InChI is InChI=1S/C17H16N4O2/c22-15(19-12-14-8-4-5-11-18-14)9-10-16-20-17(21-23-16)13-6-2-1-3-7-13/h1-8,11H,9-10,12H2,(H,19,22). The number of hydrogen-bond acceptors (Lipinski definition) is 5. The molecule has 2 heterocycles. The molecule has 116 valence electrons. The van der Waals surface area contributed by atoms with Gasteiger partial charge >= 0.3 is 0 Å². The first-order valence-electron chi connectivity index (χ1n) is 7.36. The summed E-state index contributed by atoms with van der Waals surface area (Å²) in [5, 5.41) is 6.75. The van der Waals surface area contributed by atoms with Crippen LogP contribution in [0.3, 0.4) is 0 Å². The number of benzene rings is 1. The minimum absolute atomic E-state index is 0.0740. The molecule has 0 unspecified atom stereocenters. The Hall–Kier alpha value is -3.02. The van der Waals surface area contributed by atoms with E-state index >= 15 is 0 Å². The Balaban J connectivity index is 1.49. The minimum Gasteiger partial charge on any atom is -0.350 e. The van der Waals surface area contributed by atoms with Crippen LogP contribution in [0.25, 0.3) is 11.4 Å². The van der Waals surface area contributed by atoms with Crippen LogP contribution in [-0.2, 0) is 17.8 Å². The third-order valence-electron chi connectivity index (χ3n) is 3.26. The molecule has 1 amide bonds. The summed E-state index contributed by atoms with van der Waals surface area (Å²) in [6.07, 6.45) is 2.40. The van der Waals surface area contributed by atoms with E-state index in [-0.39, 0.29) is 5.91 Å². The van der Waals surface area contributed by atoms with Gasteiger partial charge in [0.15, 0.2) is 0 Å². The zero-order chi connectivity index (χ0) is 15.9. The van der Waals surface area contributed by atoms with Crippen molar-refractivity contribution in [2.45, 2.75) is 19.4 Å². The summed E-state index contributed by atoms with van der Waals surface area (Å²) in [5.74, 6) is 0.918. The van der Waals surface area contributed by atoms with Gasteiger partial charge in [-0.05, 0) is 12.1 Å². The Bertz CT molecular complexity index is 757. The second-order valence-corrected chi connectivity index (χ2v) is 4.98. The van der Waals surface area contributed by atoms with Crippen molar-refractivity contribution in [1.82, 2.24) is 20.4 Å². The lowest BCUT2D eigenvalue weighted by molar-refractivity contribution is -0.121. The Morgan fingerprint density at radius 3 is 2.70 bits per heavy atom. The van der Waals surface area contributed by atoms with Crippen LogP contribution in [0.4, 0.5) is 0 Å². The molecule has 1 N–H and O–H groups in total. The number of carbonyl (C=O) groups excluding carboxylic acids is 1. The van der Waals surface area contributed by atoms with Gasteiger partial charge in [0.2, 0.25) is 17.6 Å². The van der Waals surface area contributed by atoms with E-state index in [2.05, 4.69) is 20.4 Å². The van der Waals surface area contributed by atoms with Crippen LogP contribution < -0.4 is 5.32 Å². The zero-order valence-electron chi connectivity index (χ0n) is 12.5. The number of hydrogen-bond donors (Lipinski definition) is 1. The van der Waals surface area contributed by atoms with E-state index in [1.54, 1.807) is 6.20 Å². The zero-order valence-corrected chi connectivity index (χ0v) is 12.5. The van der Waals surface area contributed by atoms with Crippen molar-refractivity contribution in [3.8, 4) is 11.4 Å². The van der Waals surface area contributed by atoms with Crippen LogP contribution in [-0.4, -0.2) is 21.0 Å². The van der Waals surface area contributed by atoms with E-state index in [4.69, 9.17) is 4.52 Å². The predicted octanol–water partition coefficient (Wildman–Crippen LogP) is 2.38. The lowest BCUT2D eigenvalue weighted by atomic mass is 10.2. The maximum atomic E-state index is 11.8. The Morgan fingerprint density at radius 1 is 1.09 bits per heavy atom. The number of aromatic nitrogens is 3. The summed E-state index contributed by atoms with van der Waals surface area (Å²) in [7, 11) is 0. The van der Waals surface area contributed by atoms with Crippen LogP contribution in [0.5, 0.6) is 0 Å². The molecule has 0 saturated heterocycles. The third kappa shape index (κ3) is 4.23. The summed E-state index contributed by atoms with van der Waals surface area (Å²) in [5.41, 5.74) is 1.71. The highest BCUT2D eigenvalue weighted by Gasteiger charge is 2.10. The number of rotatable bonds is 6. The summed E-state index contributed by atoms with van der Waals surface area (Å²) < 4.78 is 5.18. The van der Waals surface area contributed by atoms with Crippen molar-refractivity contribution in [2.24, 2.45) is 0 Å². The number of nitrogens with zero attached hydrogens (tertiary/aromatic N) is 3. The number of aryl methyl sites for hydroxylation is 1. The average molecular weight is 308 g/mol. The van der Waals surface area contributed by atoms with Crippen LogP contribution in [0.15, 0.2) is 59.3 Å². The molecule has 0 atom stereocenters. The normalized spacial score (nSPS) is 10.4. The lowest BCUT2D eigenvalue weighted by Crippen LogP contribution is -2.23. The van der Waals surface area contributed by atoms with Crippen LogP contribution >= 0.6 is 0 Å². The quantitative estimate of drug-likeness (QED) is 0.756. The van der Waals surface area contributed by atoms with Crippen molar-refractivity contribution in [2.75, 3.05) is 0 Å². The van der Waals surface area contributed by atoms with Crippen LogP contribution in [0, 0.1) is 0 Å². The molecular formula is C17H16N4O2. The van der Waals surface area contributed by atoms with Gasteiger partial charge in [-0.1, -0.05) is 41.6 Å². The fourth-order valence-corrected chi connectivity index (χ4v) is 2.06. The molecule has 3 aromatic rings. The van der Waals surface area contributed by atoms with Crippen molar-refractivity contribution in [1.29, 1.82) is 0 Å². The molecule has 0 saturated carbocycles. The second-order valence-electron chi connectivity index (χ2n) is 4.98. The predicted molar refractivity (Wildman–Crippen MR) is 84.1 cm³/mol. The summed E-state index contributed by atoms with van der Waals surface area (Å²) >= 11 is 0. The molecule has 23 heavy (non-hydrogen) atoms. The molecule has 2 aromatic heterocycles. The van der Waals surface area contributed by atoms with Gasteiger partial charge < -0.3 is 9.84 Å². The molecule has 1 aromatic carbocycles. The van der Waals surface area contributed by atoms with Crippen molar-refractivity contribution in [3.63, 3.8) is 0 Å². The van der Waals surface area contributed by atoms with E-state index in [0.717, 1.165) is 11.3 Å². The molecule has 0 spiro atoms. The maximum Gasteiger partial charge on any atom is 0.227 e. The SMILES string of the molecule is O=C(CCc1nc(-c2ccccc2)no1)NCc1ccccn1. The lowest BCUT2D eigenvalue weighted by Gasteiger charge is -2.03. The van der Waals surface area contributed by atoms with Gasteiger partial charge in [0, 0.05) is 24.6 Å². The van der Waals surface area contributed by atoms with E-state index in [1.807, 2.05) is 48.5 Å². The van der Waals surface area contributed by atoms with Gasteiger partial charge in [0.05, 0.1) is 12.2 Å². The first-order chi connectivity index (χ1) is 11.3. The van der Waals surface area contributed by atoms with Gasteiger partial charge in [-0.15, -0.1) is 0 Å². The third-order valence-corrected chi connectivity index (χ3v) is 3.26. The largest absolute Gasteiger partial charge is 0.350 e. The monoisotopic (exact) mass is 308 g/mol. The van der Waals surface area contributed by atoms with Gasteiger partial charge in [-0.3, -0.25) is 9.78 Å². The fraction of sp³-hybridized carbons (Fsp3) is 0.176. The maximum absolute atomic E-state index is 11.8. The van der Waals surface area contributed by atoms with Gasteiger partial charge in [-0.25, -0.2) is 0 Å². The van der Waals surface area contributed by atoms with Crippen molar-refractivity contribution >= 4 is 5.91 Å². The molecule has 0 aliphatic rings. The molecule has 0 radical (unpaired) electrons.